The lowest BCUT2D eigenvalue weighted by Crippen LogP contribution is -2.50. The van der Waals surface area contributed by atoms with Crippen molar-refractivity contribution in [3.63, 3.8) is 0 Å². The number of carbonyl (C=O) groups is 1. The van der Waals surface area contributed by atoms with Crippen LogP contribution in [0.2, 0.25) is 0 Å². The third-order valence-corrected chi connectivity index (χ3v) is 4.08. The number of nitrogens with one attached hydrogen (secondary N) is 2. The van der Waals surface area contributed by atoms with Crippen LogP contribution in [0.1, 0.15) is 26.2 Å². The normalized spacial score (nSPS) is 24.4. The largest absolute Gasteiger partial charge is 0.486 e. The third kappa shape index (κ3) is 2.33. The molecule has 1 aromatic rings. The van der Waals surface area contributed by atoms with Crippen LogP contribution in [0.5, 0.6) is 11.5 Å². The van der Waals surface area contributed by atoms with E-state index in [-0.39, 0.29) is 5.91 Å². The van der Waals surface area contributed by atoms with Crippen LogP contribution in [0.15, 0.2) is 18.2 Å². The SMILES string of the molecule is CCC1(C(=O)Nc2ccc3c(c2)OCCO3)CCCN1. The van der Waals surface area contributed by atoms with E-state index in [9.17, 15) is 4.79 Å². The minimum atomic E-state index is -0.423. The minimum Gasteiger partial charge on any atom is -0.486 e. The Balaban J connectivity index is 1.75. The average Bonchev–Trinajstić information content (AvgIpc) is 2.97. The summed E-state index contributed by atoms with van der Waals surface area (Å²) in [4.78, 5) is 12.5. The summed E-state index contributed by atoms with van der Waals surface area (Å²) in [6.45, 7) is 4.07. The predicted octanol–water partition coefficient (Wildman–Crippen LogP) is 1.93. The van der Waals surface area contributed by atoms with Gasteiger partial charge in [-0.25, -0.2) is 0 Å². The summed E-state index contributed by atoms with van der Waals surface area (Å²) in [6.07, 6.45) is 2.73. The highest BCUT2D eigenvalue weighted by Crippen LogP contribution is 2.33. The van der Waals surface area contributed by atoms with E-state index in [4.69, 9.17) is 9.47 Å². The highest BCUT2D eigenvalue weighted by molar-refractivity contribution is 5.98. The molecule has 0 aliphatic carbocycles. The van der Waals surface area contributed by atoms with E-state index < -0.39 is 5.54 Å². The summed E-state index contributed by atoms with van der Waals surface area (Å²) >= 11 is 0. The molecule has 3 rings (SSSR count). The summed E-state index contributed by atoms with van der Waals surface area (Å²) in [5, 5.41) is 6.32. The monoisotopic (exact) mass is 276 g/mol. The number of rotatable bonds is 3. The van der Waals surface area contributed by atoms with Gasteiger partial charge in [-0.1, -0.05) is 6.92 Å². The lowest BCUT2D eigenvalue weighted by atomic mass is 9.93. The minimum absolute atomic E-state index is 0.0363. The zero-order valence-corrected chi connectivity index (χ0v) is 11.7. The van der Waals surface area contributed by atoms with Crippen LogP contribution < -0.4 is 20.1 Å². The second kappa shape index (κ2) is 5.32. The standard InChI is InChI=1S/C15H20N2O3/c1-2-15(6-3-7-16-15)14(18)17-11-4-5-12-13(10-11)20-9-8-19-12/h4-5,10,16H,2-3,6-9H2,1H3,(H,17,18). The molecule has 2 N–H and O–H groups in total. The summed E-state index contributed by atoms with van der Waals surface area (Å²) in [5.74, 6) is 1.46. The Morgan fingerprint density at radius 1 is 1.35 bits per heavy atom. The van der Waals surface area contributed by atoms with Gasteiger partial charge in [-0.15, -0.1) is 0 Å². The van der Waals surface area contributed by atoms with Crippen molar-refractivity contribution >= 4 is 11.6 Å². The zero-order valence-electron chi connectivity index (χ0n) is 11.7. The van der Waals surface area contributed by atoms with Gasteiger partial charge in [0.05, 0.1) is 5.54 Å². The average molecular weight is 276 g/mol. The molecule has 2 aliphatic rings. The molecular weight excluding hydrogens is 256 g/mol. The highest BCUT2D eigenvalue weighted by Gasteiger charge is 2.39. The van der Waals surface area contributed by atoms with Gasteiger partial charge in [-0.05, 0) is 37.9 Å². The maximum atomic E-state index is 12.5. The molecule has 0 radical (unpaired) electrons. The molecule has 1 fully saturated rings. The number of benzene rings is 1. The summed E-state index contributed by atoms with van der Waals surface area (Å²) in [5.41, 5.74) is 0.327. The number of hydrogen-bond donors (Lipinski definition) is 2. The predicted molar refractivity (Wildman–Crippen MR) is 76.3 cm³/mol. The molecule has 1 atom stereocenters. The number of ether oxygens (including phenoxy) is 2. The second-order valence-corrected chi connectivity index (χ2v) is 5.28. The molecule has 1 saturated heterocycles. The van der Waals surface area contributed by atoms with E-state index >= 15 is 0 Å². The van der Waals surface area contributed by atoms with Crippen molar-refractivity contribution in [2.24, 2.45) is 0 Å². The first-order chi connectivity index (χ1) is 9.73. The Kier molecular flexibility index (Phi) is 3.53. The van der Waals surface area contributed by atoms with Crippen molar-refractivity contribution in [2.45, 2.75) is 31.7 Å². The number of carbonyl (C=O) groups excluding carboxylic acids is 1. The van der Waals surface area contributed by atoms with E-state index in [1.54, 1.807) is 0 Å². The van der Waals surface area contributed by atoms with Crippen LogP contribution in [0.25, 0.3) is 0 Å². The van der Waals surface area contributed by atoms with Crippen LogP contribution in [0.4, 0.5) is 5.69 Å². The number of amides is 1. The first-order valence-corrected chi connectivity index (χ1v) is 7.20. The van der Waals surface area contributed by atoms with Crippen molar-refractivity contribution in [1.82, 2.24) is 5.32 Å². The number of fused-ring (bicyclic) bond motifs is 1. The Morgan fingerprint density at radius 2 is 2.15 bits per heavy atom. The fourth-order valence-electron chi connectivity index (χ4n) is 2.83. The Bertz CT molecular complexity index is 510. The molecule has 0 aromatic heterocycles. The fraction of sp³-hybridized carbons (Fsp3) is 0.533. The van der Waals surface area contributed by atoms with Gasteiger partial charge in [-0.2, -0.15) is 0 Å². The van der Waals surface area contributed by atoms with Gasteiger partial charge in [0, 0.05) is 11.8 Å². The molecule has 5 nitrogen and oxygen atoms in total. The lowest BCUT2D eigenvalue weighted by Gasteiger charge is -2.27. The van der Waals surface area contributed by atoms with Crippen LogP contribution >= 0.6 is 0 Å². The van der Waals surface area contributed by atoms with Crippen molar-refractivity contribution < 1.29 is 14.3 Å². The molecule has 0 spiro atoms. The molecule has 1 amide bonds. The van der Waals surface area contributed by atoms with Crippen molar-refractivity contribution in [1.29, 1.82) is 0 Å². The summed E-state index contributed by atoms with van der Waals surface area (Å²) < 4.78 is 11.0. The van der Waals surface area contributed by atoms with Crippen molar-refractivity contribution in [3.8, 4) is 11.5 Å². The third-order valence-electron chi connectivity index (χ3n) is 4.08. The second-order valence-electron chi connectivity index (χ2n) is 5.28. The quantitative estimate of drug-likeness (QED) is 0.885. The van der Waals surface area contributed by atoms with Crippen LogP contribution in [-0.4, -0.2) is 31.2 Å². The Labute approximate surface area is 118 Å². The molecule has 2 heterocycles. The number of anilines is 1. The molecule has 108 valence electrons. The van der Waals surface area contributed by atoms with E-state index in [0.29, 0.717) is 19.0 Å². The van der Waals surface area contributed by atoms with E-state index in [1.165, 1.54) is 0 Å². The molecule has 5 heteroatoms. The van der Waals surface area contributed by atoms with Crippen molar-refractivity contribution in [3.05, 3.63) is 18.2 Å². The van der Waals surface area contributed by atoms with E-state index in [0.717, 1.165) is 37.2 Å². The van der Waals surface area contributed by atoms with Crippen molar-refractivity contribution in [2.75, 3.05) is 25.1 Å². The molecule has 20 heavy (non-hydrogen) atoms. The maximum Gasteiger partial charge on any atom is 0.244 e. The molecule has 0 saturated carbocycles. The van der Waals surface area contributed by atoms with Gasteiger partial charge in [-0.3, -0.25) is 4.79 Å². The lowest BCUT2D eigenvalue weighted by molar-refractivity contribution is -0.122. The topological polar surface area (TPSA) is 59.6 Å². The maximum absolute atomic E-state index is 12.5. The fourth-order valence-corrected chi connectivity index (χ4v) is 2.83. The first-order valence-electron chi connectivity index (χ1n) is 7.20. The summed E-state index contributed by atoms with van der Waals surface area (Å²) in [6, 6.07) is 5.51. The molecular formula is C15H20N2O3. The Hall–Kier alpha value is -1.75. The molecule has 1 unspecified atom stereocenters. The van der Waals surface area contributed by atoms with Gasteiger partial charge < -0.3 is 20.1 Å². The van der Waals surface area contributed by atoms with Gasteiger partial charge in [0.1, 0.15) is 13.2 Å². The first kappa shape index (κ1) is 13.2. The molecule has 2 aliphatic heterocycles. The molecule has 0 bridgehead atoms. The van der Waals surface area contributed by atoms with Gasteiger partial charge in [0.25, 0.3) is 0 Å². The molecule has 1 aromatic carbocycles. The smallest absolute Gasteiger partial charge is 0.244 e. The van der Waals surface area contributed by atoms with Gasteiger partial charge in [0.15, 0.2) is 11.5 Å². The van der Waals surface area contributed by atoms with Gasteiger partial charge in [0.2, 0.25) is 5.91 Å². The van der Waals surface area contributed by atoms with Crippen LogP contribution in [-0.2, 0) is 4.79 Å². The van der Waals surface area contributed by atoms with Crippen LogP contribution in [0, 0.1) is 0 Å². The van der Waals surface area contributed by atoms with Crippen LogP contribution in [0.3, 0.4) is 0 Å². The Morgan fingerprint density at radius 3 is 2.85 bits per heavy atom. The highest BCUT2D eigenvalue weighted by atomic mass is 16.6. The van der Waals surface area contributed by atoms with E-state index in [1.807, 2.05) is 25.1 Å². The summed E-state index contributed by atoms with van der Waals surface area (Å²) in [7, 11) is 0. The zero-order chi connectivity index (χ0) is 14.0. The number of hydrogen-bond acceptors (Lipinski definition) is 4. The van der Waals surface area contributed by atoms with E-state index in [2.05, 4.69) is 10.6 Å². The van der Waals surface area contributed by atoms with Gasteiger partial charge >= 0.3 is 0 Å².